The minimum atomic E-state index is -0.164. The number of nitrogens with zero attached hydrogens (tertiary/aromatic N) is 10. The van der Waals surface area contributed by atoms with Crippen LogP contribution in [0.15, 0.2) is 267 Å². The van der Waals surface area contributed by atoms with Crippen LogP contribution >= 0.6 is 0 Å². The SMILES string of the molecule is Cc1cccc(C2=CCc3ncc(-c4ccc(CN5CCN(C(C)(C)C)CC5)cc4)cc32)c1.Cc1cccc(C2=CCc3ncc(-c4ccc(CN5CCN(CCO)CC5)cc4)cc32)c1.Cc1cccc(C2=CCc3ncc(-c4ccc(CN5CC[C@@H](O)C5)cc4)cc32)c1.Cc1cccc(C2=CCc3ncc(-c4ccc(CN5CC[C@@H](O)C5)cc4)cc32)c1. The number of allylic oxidation sites excluding steroid dienone is 4. The number of aromatic nitrogens is 4. The fraction of sp³-hybridized carbons (Fsp3) is 0.309. The van der Waals surface area contributed by atoms with E-state index in [1.165, 1.54) is 156 Å². The lowest BCUT2D eigenvalue weighted by atomic mass is 9.96. The zero-order chi connectivity index (χ0) is 84.5. The highest BCUT2D eigenvalue weighted by atomic mass is 16.3. The highest BCUT2D eigenvalue weighted by Gasteiger charge is 2.29. The summed E-state index contributed by atoms with van der Waals surface area (Å²) in [5.74, 6) is 0. The van der Waals surface area contributed by atoms with E-state index < -0.39 is 0 Å². The number of piperazine rings is 2. The van der Waals surface area contributed by atoms with Crippen molar-refractivity contribution in [1.82, 2.24) is 49.3 Å². The largest absolute Gasteiger partial charge is 0.395 e. The molecule has 0 spiro atoms. The first-order valence-corrected chi connectivity index (χ1v) is 44.6. The standard InChI is InChI=1S/C30H35N3.C28H31N3O.2C26H26N2O/c1-22-6-5-7-25(18-22)27-12-13-29-28(27)19-26(20-31-29)24-10-8-23(9-11-24)21-32-14-16-33(17-15-32)30(2,3)4;1-21-3-2-4-24(17-21)26-9-10-28-27(26)18-25(19-29-28)23-7-5-22(6-8-23)20-31-13-11-30(12-14-31)15-16-32;2*1-18-3-2-4-21(13-18)24-9-10-26-25(24)14-22(15-27-26)20-7-5-19(6-8-20)16-28-12-11-23(29)17-28/h5-12,18-20H,13-17,21H2,1-4H3;2-9,17-19,32H,10-16,20H2,1H3;2*2-9,13-15,23,29H,10-12,16-17H2,1H3/t;;2*23-/m..11/s1. The van der Waals surface area contributed by atoms with Crippen molar-refractivity contribution < 1.29 is 15.3 Å². The highest BCUT2D eigenvalue weighted by Crippen LogP contribution is 2.41. The molecule has 0 bridgehead atoms. The number of likely N-dealkylation sites (tertiary alicyclic amines) is 2. The van der Waals surface area contributed by atoms with E-state index in [1.807, 2.05) is 24.8 Å². The van der Waals surface area contributed by atoms with E-state index in [-0.39, 0.29) is 24.4 Å². The summed E-state index contributed by atoms with van der Waals surface area (Å²) in [6, 6.07) is 79.7. The third-order valence-electron chi connectivity index (χ3n) is 25.8. The molecule has 0 unspecified atom stereocenters. The molecule has 4 aromatic heterocycles. The van der Waals surface area contributed by atoms with Crippen LogP contribution in [0.4, 0.5) is 0 Å². The number of aryl methyl sites for hydroxylation is 4. The number of hydrogen-bond donors (Lipinski definition) is 3. The van der Waals surface area contributed by atoms with Gasteiger partial charge in [0.25, 0.3) is 0 Å². The second kappa shape index (κ2) is 38.4. The second-order valence-corrected chi connectivity index (χ2v) is 36.1. The summed E-state index contributed by atoms with van der Waals surface area (Å²) in [5, 5.41) is 28.5. The molecule has 0 saturated carbocycles. The van der Waals surface area contributed by atoms with Crippen molar-refractivity contribution in [2.24, 2.45) is 0 Å². The molecule has 4 aliphatic carbocycles. The number of pyridine rings is 4. The van der Waals surface area contributed by atoms with Gasteiger partial charge in [0.1, 0.15) is 0 Å². The first kappa shape index (κ1) is 84.2. The Kier molecular flexibility index (Phi) is 26.3. The van der Waals surface area contributed by atoms with E-state index in [9.17, 15) is 10.2 Å². The average molecular weight is 1630 g/mol. The van der Waals surface area contributed by atoms with E-state index in [2.05, 4.69) is 321 Å². The molecule has 2 atom stereocenters. The maximum atomic E-state index is 9.71. The Hall–Kier alpha value is -11.0. The van der Waals surface area contributed by atoms with Gasteiger partial charge in [-0.05, 0) is 175 Å². The van der Waals surface area contributed by atoms with Gasteiger partial charge in [-0.25, -0.2) is 0 Å². The van der Waals surface area contributed by atoms with Gasteiger partial charge < -0.3 is 15.3 Å². The summed E-state index contributed by atoms with van der Waals surface area (Å²) in [6.45, 7) is 32.7. The fourth-order valence-corrected chi connectivity index (χ4v) is 18.8. The van der Waals surface area contributed by atoms with Crippen LogP contribution < -0.4 is 0 Å². The van der Waals surface area contributed by atoms with E-state index in [0.29, 0.717) is 0 Å². The van der Waals surface area contributed by atoms with Crippen LogP contribution in [-0.4, -0.2) is 174 Å². The monoisotopic (exact) mass is 1630 g/mol. The number of aliphatic hydroxyl groups is 3. The number of β-amino-alcohol motifs (C(OH)–C–C–N with tert-alkyl or cyclic N) is 3. The molecule has 123 heavy (non-hydrogen) atoms. The smallest absolute Gasteiger partial charge is 0.0679 e. The van der Waals surface area contributed by atoms with Crippen LogP contribution in [0.3, 0.4) is 0 Å². The van der Waals surface area contributed by atoms with Gasteiger partial charge in [-0.3, -0.25) is 49.3 Å². The summed E-state index contributed by atoms with van der Waals surface area (Å²) in [4.78, 5) is 33.7. The lowest BCUT2D eigenvalue weighted by molar-refractivity contribution is 0.0591. The number of hydrogen-bond acceptors (Lipinski definition) is 13. The normalized spacial score (nSPS) is 17.8. The molecule has 4 saturated heterocycles. The quantitative estimate of drug-likeness (QED) is 0.0754. The van der Waals surface area contributed by atoms with Gasteiger partial charge in [-0.2, -0.15) is 0 Å². The van der Waals surface area contributed by atoms with Crippen molar-refractivity contribution in [2.45, 2.75) is 131 Å². The summed E-state index contributed by atoms with van der Waals surface area (Å²) >= 11 is 0. The molecule has 12 aromatic rings. The molecule has 8 heterocycles. The maximum Gasteiger partial charge on any atom is 0.0679 e. The molecule has 0 amide bonds. The van der Waals surface area contributed by atoms with Gasteiger partial charge in [-0.1, -0.05) is 241 Å². The predicted octanol–water partition coefficient (Wildman–Crippen LogP) is 19.3. The molecule has 13 heteroatoms. The molecular formula is C110H118N10O3. The Bertz CT molecular complexity index is 5670. The minimum Gasteiger partial charge on any atom is -0.395 e. The number of fused-ring (bicyclic) bond motifs is 4. The molecule has 626 valence electrons. The fourth-order valence-electron chi connectivity index (χ4n) is 18.8. The van der Waals surface area contributed by atoms with Gasteiger partial charge in [-0.15, -0.1) is 0 Å². The minimum absolute atomic E-state index is 0.164. The predicted molar refractivity (Wildman–Crippen MR) is 504 cm³/mol. The third kappa shape index (κ3) is 20.8. The first-order chi connectivity index (χ1) is 59.9. The molecular weight excluding hydrogens is 1510 g/mol. The Balaban J connectivity index is 0.000000117. The summed E-state index contributed by atoms with van der Waals surface area (Å²) in [7, 11) is 0. The molecule has 13 nitrogen and oxygen atoms in total. The zero-order valence-corrected chi connectivity index (χ0v) is 72.8. The topological polar surface area (TPSA) is 132 Å². The molecule has 3 N–H and O–H groups in total. The molecule has 8 aliphatic rings. The molecule has 4 fully saturated rings. The van der Waals surface area contributed by atoms with Crippen LogP contribution in [0.1, 0.15) is 145 Å². The van der Waals surface area contributed by atoms with Crippen LogP contribution in [0.2, 0.25) is 0 Å². The van der Waals surface area contributed by atoms with E-state index >= 15 is 0 Å². The van der Waals surface area contributed by atoms with E-state index in [1.54, 1.807) is 0 Å². The molecule has 20 rings (SSSR count). The molecule has 8 aromatic carbocycles. The highest BCUT2D eigenvalue weighted by molar-refractivity contribution is 5.90. The van der Waals surface area contributed by atoms with Gasteiger partial charge in [0.2, 0.25) is 0 Å². The Morgan fingerprint density at radius 2 is 0.569 bits per heavy atom. The van der Waals surface area contributed by atoms with Crippen molar-refractivity contribution in [2.75, 3.05) is 91.7 Å². The number of rotatable bonds is 18. The summed E-state index contributed by atoms with van der Waals surface area (Å²) in [6.07, 6.45) is 22.3. The molecule has 4 aliphatic heterocycles. The van der Waals surface area contributed by atoms with Crippen molar-refractivity contribution >= 4 is 22.3 Å². The summed E-state index contributed by atoms with van der Waals surface area (Å²) in [5.41, 5.74) is 40.3. The maximum absolute atomic E-state index is 9.71. The molecule has 0 radical (unpaired) electrons. The summed E-state index contributed by atoms with van der Waals surface area (Å²) < 4.78 is 0. The lowest BCUT2D eigenvalue weighted by Gasteiger charge is -2.42. The van der Waals surface area contributed by atoms with Crippen LogP contribution in [-0.2, 0) is 51.9 Å². The van der Waals surface area contributed by atoms with Crippen molar-refractivity contribution in [1.29, 1.82) is 0 Å². The van der Waals surface area contributed by atoms with Gasteiger partial charge in [0.05, 0.1) is 41.6 Å². The van der Waals surface area contributed by atoms with Crippen LogP contribution in [0, 0.1) is 27.7 Å². The van der Waals surface area contributed by atoms with Gasteiger partial charge in [0, 0.05) is 212 Å². The lowest BCUT2D eigenvalue weighted by Crippen LogP contribution is -2.53. The van der Waals surface area contributed by atoms with E-state index in [0.717, 1.165) is 172 Å². The first-order valence-electron chi connectivity index (χ1n) is 44.6. The Labute approximate surface area is 728 Å². The Morgan fingerprint density at radius 3 is 0.821 bits per heavy atom. The van der Waals surface area contributed by atoms with Crippen LogP contribution in [0.25, 0.3) is 66.8 Å². The second-order valence-electron chi connectivity index (χ2n) is 36.1. The Morgan fingerprint density at radius 1 is 0.301 bits per heavy atom. The van der Waals surface area contributed by atoms with Crippen molar-refractivity contribution in [3.63, 3.8) is 0 Å². The number of aliphatic hydroxyl groups excluding tert-OH is 3. The van der Waals surface area contributed by atoms with Crippen molar-refractivity contribution in [3.8, 4) is 44.5 Å². The zero-order valence-electron chi connectivity index (χ0n) is 72.8. The van der Waals surface area contributed by atoms with Crippen molar-refractivity contribution in [3.05, 3.63) is 379 Å². The van der Waals surface area contributed by atoms with Gasteiger partial charge >= 0.3 is 0 Å². The van der Waals surface area contributed by atoms with E-state index in [4.69, 9.17) is 25.0 Å². The van der Waals surface area contributed by atoms with Crippen LogP contribution in [0.5, 0.6) is 0 Å². The number of benzene rings is 8. The average Bonchev–Trinajstić information content (AvgIpc) is 1.70. The third-order valence-corrected chi connectivity index (χ3v) is 25.8. The van der Waals surface area contributed by atoms with Gasteiger partial charge in [0.15, 0.2) is 0 Å².